The number of benzene rings is 1. The SMILES string of the molecule is Cc1cccc(-n2ncc(C(=O)N3CCC[C@@H](n4ccnc4)C3)c2C)c1. The molecule has 134 valence electrons. The summed E-state index contributed by atoms with van der Waals surface area (Å²) >= 11 is 0. The zero-order valence-electron chi connectivity index (χ0n) is 15.2. The Bertz CT molecular complexity index is 912. The summed E-state index contributed by atoms with van der Waals surface area (Å²) < 4.78 is 3.94. The van der Waals surface area contributed by atoms with E-state index in [1.54, 1.807) is 12.4 Å². The van der Waals surface area contributed by atoms with E-state index >= 15 is 0 Å². The summed E-state index contributed by atoms with van der Waals surface area (Å²) in [5.41, 5.74) is 3.71. The normalized spacial score (nSPS) is 17.5. The molecule has 6 nitrogen and oxygen atoms in total. The number of nitrogens with zero attached hydrogens (tertiary/aromatic N) is 5. The van der Waals surface area contributed by atoms with Crippen molar-refractivity contribution in [1.29, 1.82) is 0 Å². The van der Waals surface area contributed by atoms with Crippen LogP contribution < -0.4 is 0 Å². The van der Waals surface area contributed by atoms with Gasteiger partial charge in [0.1, 0.15) is 0 Å². The van der Waals surface area contributed by atoms with Crippen molar-refractivity contribution in [3.63, 3.8) is 0 Å². The molecule has 1 aliphatic heterocycles. The molecule has 0 aliphatic carbocycles. The third kappa shape index (κ3) is 3.03. The molecule has 3 aromatic rings. The molecule has 0 spiro atoms. The van der Waals surface area contributed by atoms with Crippen LogP contribution in [0.5, 0.6) is 0 Å². The minimum absolute atomic E-state index is 0.0613. The zero-order valence-corrected chi connectivity index (χ0v) is 15.2. The van der Waals surface area contributed by atoms with Crippen LogP contribution >= 0.6 is 0 Å². The van der Waals surface area contributed by atoms with Crippen LogP contribution in [0.1, 0.15) is 40.5 Å². The molecule has 1 aliphatic rings. The summed E-state index contributed by atoms with van der Waals surface area (Å²) in [7, 11) is 0. The van der Waals surface area contributed by atoms with E-state index in [4.69, 9.17) is 0 Å². The van der Waals surface area contributed by atoms with E-state index in [0.29, 0.717) is 18.2 Å². The smallest absolute Gasteiger partial charge is 0.257 e. The van der Waals surface area contributed by atoms with Crippen molar-refractivity contribution >= 4 is 5.91 Å². The number of likely N-dealkylation sites (tertiary alicyclic amines) is 1. The summed E-state index contributed by atoms with van der Waals surface area (Å²) in [6.45, 7) is 5.52. The molecule has 4 rings (SSSR count). The lowest BCUT2D eigenvalue weighted by Crippen LogP contribution is -2.40. The molecular weight excluding hydrogens is 326 g/mol. The number of hydrogen-bond acceptors (Lipinski definition) is 3. The van der Waals surface area contributed by atoms with Crippen LogP contribution in [0.15, 0.2) is 49.2 Å². The van der Waals surface area contributed by atoms with Gasteiger partial charge >= 0.3 is 0 Å². The van der Waals surface area contributed by atoms with Crippen molar-refractivity contribution in [3.8, 4) is 5.69 Å². The molecule has 1 fully saturated rings. The molecule has 0 bridgehead atoms. The first-order chi connectivity index (χ1) is 12.6. The standard InChI is InChI=1S/C20H23N5O/c1-15-5-3-6-17(11-15)25-16(2)19(12-22-25)20(26)23-9-4-7-18(13-23)24-10-8-21-14-24/h3,5-6,8,10-12,14,18H,4,7,9,13H2,1-2H3/t18-/m1/s1. The predicted molar refractivity (Wildman–Crippen MR) is 99.4 cm³/mol. The molecular formula is C20H23N5O. The van der Waals surface area contributed by atoms with Crippen LogP contribution in [-0.4, -0.2) is 43.2 Å². The van der Waals surface area contributed by atoms with Gasteiger partial charge in [0, 0.05) is 25.5 Å². The number of aryl methyl sites for hydroxylation is 1. The Morgan fingerprint density at radius 3 is 2.92 bits per heavy atom. The lowest BCUT2D eigenvalue weighted by molar-refractivity contribution is 0.0678. The molecule has 3 heterocycles. The van der Waals surface area contributed by atoms with Crippen LogP contribution in [0, 0.1) is 13.8 Å². The molecule has 1 aromatic carbocycles. The maximum atomic E-state index is 13.1. The highest BCUT2D eigenvalue weighted by atomic mass is 16.2. The fourth-order valence-corrected chi connectivity index (χ4v) is 3.68. The monoisotopic (exact) mass is 349 g/mol. The predicted octanol–water partition coefficient (Wildman–Crippen LogP) is 3.16. The van der Waals surface area contributed by atoms with E-state index < -0.39 is 0 Å². The maximum absolute atomic E-state index is 13.1. The summed E-state index contributed by atoms with van der Waals surface area (Å²) in [5.74, 6) is 0.0613. The van der Waals surface area contributed by atoms with Crippen molar-refractivity contribution in [2.24, 2.45) is 0 Å². The third-order valence-corrected chi connectivity index (χ3v) is 5.12. The summed E-state index contributed by atoms with van der Waals surface area (Å²) in [5, 5.41) is 4.47. The van der Waals surface area contributed by atoms with Crippen LogP contribution in [0.2, 0.25) is 0 Å². The Morgan fingerprint density at radius 2 is 2.15 bits per heavy atom. The van der Waals surface area contributed by atoms with Crippen LogP contribution in [0.3, 0.4) is 0 Å². The van der Waals surface area contributed by atoms with Crippen molar-refractivity contribution in [2.75, 3.05) is 13.1 Å². The van der Waals surface area contributed by atoms with E-state index in [9.17, 15) is 4.79 Å². The van der Waals surface area contributed by atoms with Crippen LogP contribution in [0.25, 0.3) is 5.69 Å². The maximum Gasteiger partial charge on any atom is 0.257 e. The van der Waals surface area contributed by atoms with Gasteiger partial charge in [-0.3, -0.25) is 4.79 Å². The second-order valence-corrected chi connectivity index (χ2v) is 6.95. The van der Waals surface area contributed by atoms with Crippen molar-refractivity contribution in [2.45, 2.75) is 32.7 Å². The Kier molecular flexibility index (Phi) is 4.32. The first-order valence-electron chi connectivity index (χ1n) is 9.02. The molecule has 0 saturated carbocycles. The molecule has 1 amide bonds. The largest absolute Gasteiger partial charge is 0.336 e. The Labute approximate surface area is 153 Å². The number of carbonyl (C=O) groups excluding carboxylic acids is 1. The second-order valence-electron chi connectivity index (χ2n) is 6.95. The van der Waals surface area contributed by atoms with Gasteiger partial charge in [0.25, 0.3) is 5.91 Å². The van der Waals surface area contributed by atoms with Gasteiger partial charge < -0.3 is 9.47 Å². The topological polar surface area (TPSA) is 56.0 Å². The lowest BCUT2D eigenvalue weighted by atomic mass is 10.0. The van der Waals surface area contributed by atoms with E-state index in [2.05, 4.69) is 33.7 Å². The fraction of sp³-hybridized carbons (Fsp3) is 0.350. The van der Waals surface area contributed by atoms with Crippen molar-refractivity contribution in [3.05, 3.63) is 66.0 Å². The number of carbonyl (C=O) groups is 1. The summed E-state index contributed by atoms with van der Waals surface area (Å²) in [6, 6.07) is 8.44. The highest BCUT2D eigenvalue weighted by molar-refractivity contribution is 5.95. The van der Waals surface area contributed by atoms with Gasteiger partial charge in [0.15, 0.2) is 0 Å². The first-order valence-corrected chi connectivity index (χ1v) is 9.02. The highest BCUT2D eigenvalue weighted by Gasteiger charge is 2.27. The molecule has 2 aromatic heterocycles. The zero-order chi connectivity index (χ0) is 18.1. The van der Waals surface area contributed by atoms with Crippen molar-refractivity contribution < 1.29 is 4.79 Å². The van der Waals surface area contributed by atoms with E-state index in [1.165, 1.54) is 5.56 Å². The van der Waals surface area contributed by atoms with E-state index in [-0.39, 0.29) is 5.91 Å². The number of aromatic nitrogens is 4. The van der Waals surface area contributed by atoms with Gasteiger partial charge in [-0.2, -0.15) is 5.10 Å². The van der Waals surface area contributed by atoms with Gasteiger partial charge in [0.2, 0.25) is 0 Å². The average Bonchev–Trinajstić information content (AvgIpc) is 3.31. The molecule has 26 heavy (non-hydrogen) atoms. The minimum Gasteiger partial charge on any atom is -0.336 e. The number of amides is 1. The fourth-order valence-electron chi connectivity index (χ4n) is 3.68. The highest BCUT2D eigenvalue weighted by Crippen LogP contribution is 2.24. The molecule has 1 saturated heterocycles. The van der Waals surface area contributed by atoms with Gasteiger partial charge in [-0.25, -0.2) is 9.67 Å². The van der Waals surface area contributed by atoms with Crippen molar-refractivity contribution in [1.82, 2.24) is 24.2 Å². The van der Waals surface area contributed by atoms with Crippen LogP contribution in [-0.2, 0) is 0 Å². The number of imidazole rings is 1. The second kappa shape index (κ2) is 6.78. The Morgan fingerprint density at radius 1 is 1.27 bits per heavy atom. The Hall–Kier alpha value is -2.89. The van der Waals surface area contributed by atoms with Crippen LogP contribution in [0.4, 0.5) is 0 Å². The minimum atomic E-state index is 0.0613. The molecule has 0 radical (unpaired) electrons. The number of piperidine rings is 1. The van der Waals surface area contributed by atoms with Gasteiger partial charge in [0.05, 0.1) is 35.5 Å². The first kappa shape index (κ1) is 16.6. The molecule has 0 unspecified atom stereocenters. The van der Waals surface area contributed by atoms with E-state index in [0.717, 1.165) is 30.8 Å². The number of rotatable bonds is 3. The molecule has 0 N–H and O–H groups in total. The molecule has 6 heteroatoms. The lowest BCUT2D eigenvalue weighted by Gasteiger charge is -2.33. The van der Waals surface area contributed by atoms with Gasteiger partial charge in [-0.15, -0.1) is 0 Å². The van der Waals surface area contributed by atoms with Gasteiger partial charge in [-0.1, -0.05) is 12.1 Å². The number of hydrogen-bond donors (Lipinski definition) is 0. The molecule has 1 atom stereocenters. The average molecular weight is 349 g/mol. The van der Waals surface area contributed by atoms with E-state index in [1.807, 2.05) is 41.2 Å². The summed E-state index contributed by atoms with van der Waals surface area (Å²) in [6.07, 6.45) is 9.36. The third-order valence-electron chi connectivity index (χ3n) is 5.12. The quantitative estimate of drug-likeness (QED) is 0.730. The Balaban J connectivity index is 1.57. The van der Waals surface area contributed by atoms with Gasteiger partial charge in [-0.05, 0) is 44.4 Å². The summed E-state index contributed by atoms with van der Waals surface area (Å²) in [4.78, 5) is 19.2.